The van der Waals surface area contributed by atoms with E-state index in [2.05, 4.69) is 25.7 Å². The van der Waals surface area contributed by atoms with Crippen LogP contribution in [0.1, 0.15) is 55.8 Å². The number of aromatic nitrogens is 4. The van der Waals surface area contributed by atoms with Crippen molar-refractivity contribution in [2.75, 3.05) is 10.6 Å². The van der Waals surface area contributed by atoms with Crippen LogP contribution in [0.25, 0.3) is 0 Å². The van der Waals surface area contributed by atoms with Crippen LogP contribution in [-0.4, -0.2) is 31.2 Å². The Morgan fingerprint density at radius 1 is 1.16 bits per heavy atom. The van der Waals surface area contributed by atoms with E-state index in [0.717, 1.165) is 31.4 Å². The van der Waals surface area contributed by atoms with Crippen LogP contribution in [0, 0.1) is 5.92 Å². The van der Waals surface area contributed by atoms with E-state index in [-0.39, 0.29) is 30.4 Å². The van der Waals surface area contributed by atoms with Crippen LogP contribution >= 0.6 is 0 Å². The second kappa shape index (κ2) is 6.77. The maximum atomic E-state index is 14.1. The summed E-state index contributed by atoms with van der Waals surface area (Å²) >= 11 is 0. The lowest BCUT2D eigenvalue weighted by molar-refractivity contribution is -0.137. The lowest BCUT2D eigenvalue weighted by atomic mass is 9.93. The summed E-state index contributed by atoms with van der Waals surface area (Å²) in [6, 6.07) is 0. The Kier molecular flexibility index (Phi) is 4.46. The number of anilines is 3. The number of halogens is 5. The molecule has 2 heterocycles. The SMILES string of the molecule is CC1(Nc2nc(Nc3nn(CC4CC4)c4c3CC(F)(F)CC4)ncc2C(F)(F)F)CC1. The number of alkyl halides is 5. The van der Waals surface area contributed by atoms with Gasteiger partial charge in [0, 0.05) is 42.4 Å². The Morgan fingerprint density at radius 2 is 1.90 bits per heavy atom. The summed E-state index contributed by atoms with van der Waals surface area (Å²) in [6.07, 6.45) is -0.727. The number of hydrogen-bond donors (Lipinski definition) is 2. The number of fused-ring (bicyclic) bond motifs is 1. The molecule has 0 spiro atoms. The molecular weight excluding hydrogens is 419 g/mol. The molecule has 2 N–H and O–H groups in total. The molecule has 2 fully saturated rings. The van der Waals surface area contributed by atoms with E-state index < -0.39 is 29.6 Å². The number of rotatable bonds is 6. The third-order valence-corrected chi connectivity index (χ3v) is 6.20. The molecule has 2 saturated carbocycles. The van der Waals surface area contributed by atoms with Crippen LogP contribution in [0.2, 0.25) is 0 Å². The van der Waals surface area contributed by atoms with Crippen molar-refractivity contribution in [3.63, 3.8) is 0 Å². The van der Waals surface area contributed by atoms with E-state index in [1.165, 1.54) is 0 Å². The molecule has 0 aromatic carbocycles. The van der Waals surface area contributed by atoms with Crippen LogP contribution in [-0.2, 0) is 25.6 Å². The maximum Gasteiger partial charge on any atom is 0.421 e. The van der Waals surface area contributed by atoms with E-state index in [0.29, 0.717) is 24.2 Å². The van der Waals surface area contributed by atoms with Crippen LogP contribution in [0.15, 0.2) is 6.20 Å². The predicted octanol–water partition coefficient (Wildman–Crippen LogP) is 4.93. The molecule has 3 aliphatic rings. The number of hydrogen-bond acceptors (Lipinski definition) is 5. The minimum atomic E-state index is -4.61. The molecule has 0 unspecified atom stereocenters. The normalized spacial score (nSPS) is 21.5. The Balaban J connectivity index is 1.48. The van der Waals surface area contributed by atoms with Crippen molar-refractivity contribution in [2.45, 2.75) is 76.1 Å². The molecule has 0 saturated heterocycles. The van der Waals surface area contributed by atoms with Crippen molar-refractivity contribution in [3.8, 4) is 0 Å². The summed E-state index contributed by atoms with van der Waals surface area (Å²) < 4.78 is 70.2. The van der Waals surface area contributed by atoms with Crippen molar-refractivity contribution in [3.05, 3.63) is 23.0 Å². The van der Waals surface area contributed by atoms with Gasteiger partial charge in [-0.1, -0.05) is 0 Å². The fraction of sp³-hybridized carbons (Fsp3) is 0.650. The molecule has 6 nitrogen and oxygen atoms in total. The highest BCUT2D eigenvalue weighted by Crippen LogP contribution is 2.42. The highest BCUT2D eigenvalue weighted by molar-refractivity contribution is 5.59. The van der Waals surface area contributed by atoms with Gasteiger partial charge >= 0.3 is 6.18 Å². The van der Waals surface area contributed by atoms with Crippen molar-refractivity contribution in [1.29, 1.82) is 0 Å². The average Bonchev–Trinajstić information content (AvgIpc) is 3.57. The standard InChI is InChI=1S/C20H23F5N6/c1-18(6-7-18)29-16-13(20(23,24)25)9-26-17(28-16)27-15-12-8-19(21,22)5-4-14(12)31(30-15)10-11-2-3-11/h9,11H,2-8,10H2,1H3,(H2,26,27,28,29,30). The predicted molar refractivity (Wildman–Crippen MR) is 104 cm³/mol. The first-order valence-electron chi connectivity index (χ1n) is 10.5. The van der Waals surface area contributed by atoms with Crippen molar-refractivity contribution in [2.24, 2.45) is 5.92 Å². The maximum absolute atomic E-state index is 14.1. The van der Waals surface area contributed by atoms with Crippen LogP contribution < -0.4 is 10.6 Å². The molecule has 2 aromatic rings. The van der Waals surface area contributed by atoms with Crippen LogP contribution in [0.5, 0.6) is 0 Å². The first-order chi connectivity index (χ1) is 14.5. The summed E-state index contributed by atoms with van der Waals surface area (Å²) in [5.41, 5.74) is -0.238. The molecule has 0 radical (unpaired) electrons. The molecule has 11 heteroatoms. The highest BCUT2D eigenvalue weighted by atomic mass is 19.4. The third-order valence-electron chi connectivity index (χ3n) is 6.20. The van der Waals surface area contributed by atoms with Gasteiger partial charge in [-0.05, 0) is 44.9 Å². The largest absolute Gasteiger partial charge is 0.421 e. The molecular formula is C20H23F5N6. The fourth-order valence-corrected chi connectivity index (χ4v) is 3.89. The first-order valence-corrected chi connectivity index (χ1v) is 10.5. The zero-order valence-electron chi connectivity index (χ0n) is 17.0. The fourth-order valence-electron chi connectivity index (χ4n) is 3.89. The summed E-state index contributed by atoms with van der Waals surface area (Å²) in [6.45, 7) is 2.48. The number of nitrogens with zero attached hydrogens (tertiary/aromatic N) is 4. The molecule has 0 bridgehead atoms. The average molecular weight is 442 g/mol. The molecule has 0 amide bonds. The van der Waals surface area contributed by atoms with Gasteiger partial charge in [0.25, 0.3) is 5.92 Å². The minimum Gasteiger partial charge on any atom is -0.364 e. The van der Waals surface area contributed by atoms with E-state index in [9.17, 15) is 22.0 Å². The topological polar surface area (TPSA) is 67.7 Å². The van der Waals surface area contributed by atoms with Crippen molar-refractivity contribution >= 4 is 17.6 Å². The van der Waals surface area contributed by atoms with Gasteiger partial charge in [-0.2, -0.15) is 23.3 Å². The van der Waals surface area contributed by atoms with E-state index in [1.54, 1.807) is 4.68 Å². The van der Waals surface area contributed by atoms with E-state index >= 15 is 0 Å². The summed E-state index contributed by atoms with van der Waals surface area (Å²) in [7, 11) is 0. The highest BCUT2D eigenvalue weighted by Gasteiger charge is 2.42. The van der Waals surface area contributed by atoms with Crippen molar-refractivity contribution in [1.82, 2.24) is 19.7 Å². The monoisotopic (exact) mass is 442 g/mol. The van der Waals surface area contributed by atoms with Gasteiger partial charge in [0.2, 0.25) is 5.95 Å². The third kappa shape index (κ3) is 4.31. The number of nitrogens with one attached hydrogen (secondary N) is 2. The second-order valence-electron chi connectivity index (χ2n) is 9.20. The molecule has 3 aliphatic carbocycles. The van der Waals surface area contributed by atoms with Gasteiger partial charge in [-0.25, -0.2) is 13.8 Å². The Labute approximate surface area is 175 Å². The lowest BCUT2D eigenvalue weighted by Crippen LogP contribution is -2.27. The van der Waals surface area contributed by atoms with Gasteiger partial charge in [-0.15, -0.1) is 0 Å². The van der Waals surface area contributed by atoms with Crippen LogP contribution in [0.4, 0.5) is 39.5 Å². The van der Waals surface area contributed by atoms with Gasteiger partial charge < -0.3 is 10.6 Å². The summed E-state index contributed by atoms with van der Waals surface area (Å²) in [5, 5.41) is 10.1. The zero-order valence-corrected chi connectivity index (χ0v) is 17.0. The first kappa shape index (κ1) is 20.4. The molecule has 168 valence electrons. The molecule has 5 rings (SSSR count). The molecule has 31 heavy (non-hydrogen) atoms. The molecule has 0 aliphatic heterocycles. The van der Waals surface area contributed by atoms with Gasteiger partial charge in [0.1, 0.15) is 11.4 Å². The van der Waals surface area contributed by atoms with E-state index in [4.69, 9.17) is 0 Å². The smallest absolute Gasteiger partial charge is 0.364 e. The van der Waals surface area contributed by atoms with Gasteiger partial charge in [0.15, 0.2) is 5.82 Å². The zero-order chi connectivity index (χ0) is 22.0. The Bertz CT molecular complexity index is 1010. The molecule has 0 atom stereocenters. The Morgan fingerprint density at radius 3 is 2.55 bits per heavy atom. The van der Waals surface area contributed by atoms with Gasteiger partial charge in [0.05, 0.1) is 0 Å². The summed E-state index contributed by atoms with van der Waals surface area (Å²) in [5.74, 6) is -2.57. The lowest BCUT2D eigenvalue weighted by Gasteiger charge is -2.23. The Hall–Kier alpha value is -2.46. The second-order valence-corrected chi connectivity index (χ2v) is 9.20. The molecule has 2 aromatic heterocycles. The van der Waals surface area contributed by atoms with Crippen molar-refractivity contribution < 1.29 is 22.0 Å². The van der Waals surface area contributed by atoms with Gasteiger partial charge in [-0.3, -0.25) is 4.68 Å². The summed E-state index contributed by atoms with van der Waals surface area (Å²) in [4.78, 5) is 7.84. The quantitative estimate of drug-likeness (QED) is 0.621. The minimum absolute atomic E-state index is 0.104. The van der Waals surface area contributed by atoms with Crippen LogP contribution in [0.3, 0.4) is 0 Å². The van der Waals surface area contributed by atoms with E-state index in [1.807, 2.05) is 6.92 Å².